The Balaban J connectivity index is 1.92. The van der Waals surface area contributed by atoms with Gasteiger partial charge < -0.3 is 5.32 Å². The third-order valence-electron chi connectivity index (χ3n) is 4.03. The molecule has 0 aliphatic carbocycles. The first-order valence-electron chi connectivity index (χ1n) is 8.84. The van der Waals surface area contributed by atoms with Gasteiger partial charge >= 0.3 is 0 Å². The van der Waals surface area contributed by atoms with Crippen molar-refractivity contribution in [2.75, 3.05) is 5.32 Å². The van der Waals surface area contributed by atoms with Gasteiger partial charge in [0.2, 0.25) is 5.91 Å². The lowest BCUT2D eigenvalue weighted by molar-refractivity contribution is -0.384. The minimum atomic E-state index is -0.638. The monoisotopic (exact) mass is 416 g/mol. The van der Waals surface area contributed by atoms with E-state index < -0.39 is 10.8 Å². The van der Waals surface area contributed by atoms with Crippen LogP contribution in [0.15, 0.2) is 47.6 Å². The van der Waals surface area contributed by atoms with Gasteiger partial charge in [0, 0.05) is 23.0 Å². The molecule has 2 N–H and O–H groups in total. The Kier molecular flexibility index (Phi) is 7.44. The minimum Gasteiger partial charge on any atom is -0.326 e. The third-order valence-corrected chi connectivity index (χ3v) is 4.34. The van der Waals surface area contributed by atoms with Crippen molar-refractivity contribution in [2.45, 2.75) is 33.1 Å². The van der Waals surface area contributed by atoms with E-state index >= 15 is 0 Å². The smallest absolute Gasteiger partial charge is 0.287 e. The number of nitro benzene ring substituents is 1. The first-order valence-corrected chi connectivity index (χ1v) is 9.22. The van der Waals surface area contributed by atoms with Crippen LogP contribution in [0.25, 0.3) is 0 Å². The molecule has 0 saturated carbocycles. The zero-order valence-corrected chi connectivity index (χ0v) is 17.0. The topological polar surface area (TPSA) is 114 Å². The number of carbonyl (C=O) groups is 2. The molecule has 0 aliphatic heterocycles. The third kappa shape index (κ3) is 6.39. The highest BCUT2D eigenvalue weighted by Crippen LogP contribution is 2.24. The maximum absolute atomic E-state index is 12.1. The van der Waals surface area contributed by atoms with Crippen molar-refractivity contribution in [3.05, 3.63) is 68.7 Å². The van der Waals surface area contributed by atoms with Crippen LogP contribution in [0.5, 0.6) is 0 Å². The molecule has 152 valence electrons. The van der Waals surface area contributed by atoms with E-state index in [0.29, 0.717) is 17.3 Å². The zero-order chi connectivity index (χ0) is 21.6. The van der Waals surface area contributed by atoms with Gasteiger partial charge in [-0.2, -0.15) is 5.10 Å². The second kappa shape index (κ2) is 9.79. The van der Waals surface area contributed by atoms with Gasteiger partial charge in [-0.1, -0.05) is 37.6 Å². The predicted molar refractivity (Wildman–Crippen MR) is 112 cm³/mol. The fourth-order valence-electron chi connectivity index (χ4n) is 2.44. The van der Waals surface area contributed by atoms with Gasteiger partial charge in [-0.25, -0.2) is 5.43 Å². The first kappa shape index (κ1) is 22.0. The maximum Gasteiger partial charge on any atom is 0.287 e. The number of nitrogens with zero attached hydrogens (tertiary/aromatic N) is 2. The molecule has 2 rings (SSSR count). The number of nitrogens with one attached hydrogen (secondary N) is 2. The minimum absolute atomic E-state index is 0.00672. The number of carbonyl (C=O) groups excluding carboxylic acids is 2. The number of hydrogen-bond acceptors (Lipinski definition) is 5. The van der Waals surface area contributed by atoms with Gasteiger partial charge in [-0.3, -0.25) is 19.7 Å². The molecule has 2 aromatic carbocycles. The standard InChI is InChI=1S/C20H21ClN4O4/c1-12(2)14-4-7-16(8-5-14)22-19(26)10-13(3)23-24-20(27)15-6-9-18(25(28)29)17(21)11-15/h4-9,11-12H,10H2,1-3H3,(H,22,26)(H,24,27)/b23-13-. The molecular weight excluding hydrogens is 396 g/mol. The van der Waals surface area contributed by atoms with E-state index in [1.165, 1.54) is 17.7 Å². The van der Waals surface area contributed by atoms with Crippen molar-refractivity contribution in [3.8, 4) is 0 Å². The number of hydrogen-bond donors (Lipinski definition) is 2. The lowest BCUT2D eigenvalue weighted by Gasteiger charge is -2.08. The van der Waals surface area contributed by atoms with Crippen molar-refractivity contribution < 1.29 is 14.5 Å². The highest BCUT2D eigenvalue weighted by atomic mass is 35.5. The molecule has 0 radical (unpaired) electrons. The van der Waals surface area contributed by atoms with Gasteiger partial charge in [-0.05, 0) is 42.7 Å². The summed E-state index contributed by atoms with van der Waals surface area (Å²) in [7, 11) is 0. The predicted octanol–water partition coefficient (Wildman–Crippen LogP) is 4.51. The summed E-state index contributed by atoms with van der Waals surface area (Å²) in [6.45, 7) is 5.78. The van der Waals surface area contributed by atoms with Gasteiger partial charge in [0.15, 0.2) is 0 Å². The highest BCUT2D eigenvalue weighted by molar-refractivity contribution is 6.33. The summed E-state index contributed by atoms with van der Waals surface area (Å²) in [4.78, 5) is 34.3. The molecule has 29 heavy (non-hydrogen) atoms. The van der Waals surface area contributed by atoms with Gasteiger partial charge in [-0.15, -0.1) is 0 Å². The Morgan fingerprint density at radius 2 is 1.83 bits per heavy atom. The molecule has 8 nitrogen and oxygen atoms in total. The molecular formula is C20H21ClN4O4. The van der Waals surface area contributed by atoms with E-state index in [1.807, 2.05) is 24.3 Å². The SMILES string of the molecule is C/C(CC(=O)Nc1ccc(C(C)C)cc1)=N/NC(=O)c1ccc([N+](=O)[O-])c(Cl)c1. The molecule has 0 fully saturated rings. The number of rotatable bonds is 7. The summed E-state index contributed by atoms with van der Waals surface area (Å²) in [6, 6.07) is 11.2. The lowest BCUT2D eigenvalue weighted by atomic mass is 10.0. The summed E-state index contributed by atoms with van der Waals surface area (Å²) in [6.07, 6.45) is -0.00672. The van der Waals surface area contributed by atoms with Crippen LogP contribution in [0.2, 0.25) is 5.02 Å². The molecule has 2 amide bonds. The summed E-state index contributed by atoms with van der Waals surface area (Å²) in [5.41, 5.74) is 4.38. The molecule has 0 atom stereocenters. The van der Waals surface area contributed by atoms with Crippen LogP contribution < -0.4 is 10.7 Å². The lowest BCUT2D eigenvalue weighted by Crippen LogP contribution is -2.21. The van der Waals surface area contributed by atoms with E-state index in [0.717, 1.165) is 6.07 Å². The van der Waals surface area contributed by atoms with E-state index in [2.05, 4.69) is 29.7 Å². The summed E-state index contributed by atoms with van der Waals surface area (Å²) >= 11 is 5.79. The molecule has 0 aliphatic rings. The Hall–Kier alpha value is -3.26. The average Bonchev–Trinajstić information content (AvgIpc) is 2.66. The van der Waals surface area contributed by atoms with Gasteiger partial charge in [0.05, 0.1) is 11.3 Å². The van der Waals surface area contributed by atoms with Crippen LogP contribution in [0.4, 0.5) is 11.4 Å². The molecule has 0 heterocycles. The quantitative estimate of drug-likeness (QED) is 0.392. The molecule has 0 unspecified atom stereocenters. The maximum atomic E-state index is 12.1. The molecule has 0 aromatic heterocycles. The Labute approximate surface area is 173 Å². The Morgan fingerprint density at radius 1 is 1.17 bits per heavy atom. The fraction of sp³-hybridized carbons (Fsp3) is 0.250. The largest absolute Gasteiger partial charge is 0.326 e. The highest BCUT2D eigenvalue weighted by Gasteiger charge is 2.15. The second-order valence-electron chi connectivity index (χ2n) is 6.71. The fourth-order valence-corrected chi connectivity index (χ4v) is 2.68. The molecule has 0 spiro atoms. The van der Waals surface area contributed by atoms with Crippen LogP contribution in [0, 0.1) is 10.1 Å². The van der Waals surface area contributed by atoms with E-state index in [-0.39, 0.29) is 28.6 Å². The number of hydrazone groups is 1. The van der Waals surface area contributed by atoms with Gasteiger partial charge in [0.1, 0.15) is 5.02 Å². The molecule has 9 heteroatoms. The zero-order valence-electron chi connectivity index (χ0n) is 16.2. The Morgan fingerprint density at radius 3 is 2.38 bits per heavy atom. The number of benzene rings is 2. The van der Waals surface area contributed by atoms with Crippen LogP contribution in [-0.2, 0) is 4.79 Å². The normalized spacial score (nSPS) is 11.3. The number of nitro groups is 1. The van der Waals surface area contributed by atoms with E-state index in [9.17, 15) is 19.7 Å². The second-order valence-corrected chi connectivity index (χ2v) is 7.12. The summed E-state index contributed by atoms with van der Waals surface area (Å²) in [5, 5.41) is 17.3. The van der Waals surface area contributed by atoms with Crippen LogP contribution in [-0.4, -0.2) is 22.4 Å². The molecule has 0 saturated heterocycles. The number of anilines is 1. The summed E-state index contributed by atoms with van der Waals surface area (Å²) in [5.74, 6) is -0.453. The van der Waals surface area contributed by atoms with Crippen LogP contribution in [0.1, 0.15) is 49.0 Å². The molecule has 2 aromatic rings. The van der Waals surface area contributed by atoms with E-state index in [1.54, 1.807) is 6.92 Å². The van der Waals surface area contributed by atoms with Crippen molar-refractivity contribution in [1.82, 2.24) is 5.43 Å². The van der Waals surface area contributed by atoms with Gasteiger partial charge in [0.25, 0.3) is 11.6 Å². The van der Waals surface area contributed by atoms with Crippen molar-refractivity contribution in [1.29, 1.82) is 0 Å². The number of amides is 2. The average molecular weight is 417 g/mol. The number of halogens is 1. The first-order chi connectivity index (χ1) is 13.7. The van der Waals surface area contributed by atoms with Crippen molar-refractivity contribution >= 4 is 40.5 Å². The molecule has 0 bridgehead atoms. The van der Waals surface area contributed by atoms with Crippen molar-refractivity contribution in [3.63, 3.8) is 0 Å². The van der Waals surface area contributed by atoms with Crippen LogP contribution in [0.3, 0.4) is 0 Å². The van der Waals surface area contributed by atoms with Crippen LogP contribution >= 0.6 is 11.6 Å². The van der Waals surface area contributed by atoms with E-state index in [4.69, 9.17) is 11.6 Å². The summed E-state index contributed by atoms with van der Waals surface area (Å²) < 4.78 is 0. The Bertz CT molecular complexity index is 955. The van der Waals surface area contributed by atoms with Crippen molar-refractivity contribution in [2.24, 2.45) is 5.10 Å².